The molecular weight excluding hydrogens is 835 g/mol. The highest BCUT2D eigenvalue weighted by Crippen LogP contribution is 2.61. The first-order valence-corrected chi connectivity index (χ1v) is 20.2. The molecule has 17 nitrogen and oxygen atoms in total. The van der Waals surface area contributed by atoms with Crippen LogP contribution in [0.5, 0.6) is 23.0 Å². The molecule has 0 spiro atoms. The van der Waals surface area contributed by atoms with E-state index in [1.165, 1.54) is 13.2 Å². The Bertz CT molecular complexity index is 2280. The third kappa shape index (κ3) is 9.94. The maximum Gasteiger partial charge on any atom is 0.558 e. The first kappa shape index (κ1) is 46.8. The van der Waals surface area contributed by atoms with Crippen molar-refractivity contribution in [3.05, 3.63) is 86.9 Å². The zero-order valence-electron chi connectivity index (χ0n) is 35.0. The smallest absolute Gasteiger partial charge is 0.535 e. The molecule has 2 saturated carbocycles. The number of aromatic carboxylic acids is 1. The van der Waals surface area contributed by atoms with Crippen LogP contribution in [-0.4, -0.2) is 106 Å². The van der Waals surface area contributed by atoms with Crippen LogP contribution in [-0.2, 0) is 28.5 Å². The summed E-state index contributed by atoms with van der Waals surface area (Å²) in [4.78, 5) is 45.9. The van der Waals surface area contributed by atoms with Gasteiger partial charge >= 0.3 is 45.2 Å². The fourth-order valence-electron chi connectivity index (χ4n) is 7.56. The van der Waals surface area contributed by atoms with Crippen molar-refractivity contribution < 1.29 is 90.5 Å². The Morgan fingerprint density at radius 2 is 1.30 bits per heavy atom. The average Bonchev–Trinajstić information content (AvgIpc) is 4.19. The lowest BCUT2D eigenvalue weighted by atomic mass is 9.72. The molecule has 2 fully saturated rings. The number of carboxylic acids is 1. The van der Waals surface area contributed by atoms with Crippen molar-refractivity contribution in [1.82, 2.24) is 0 Å². The number of methoxy groups -OCH3 is 1. The number of fused-ring (bicyclic) bond motifs is 8. The molecule has 0 radical (unpaired) electrons. The monoisotopic (exact) mass is 880 g/mol. The van der Waals surface area contributed by atoms with Crippen LogP contribution >= 0.6 is 0 Å². The van der Waals surface area contributed by atoms with Crippen molar-refractivity contribution >= 4 is 50.8 Å². The zero-order valence-corrected chi connectivity index (χ0v) is 35.0. The standard InChI is InChI=1S/C14H16BFO5.C13H12BFO6.C12H11BO6.C2H6/c1-2-5-19-7-20-14(17)12-11(16)4-3-8-9-6-10(9)15(18)21-13(8)12;1-6(16)19-5-20-13(17)11-10(15)3-2-7-8-4-9(8)14(18)21-12(7)11;1-17-9-3-2-6-7-4-18-5-8(7)13(16)19-11(6)10(9)12(14)15;1-2/h3-4,9-10,18H,2,5-7H2,1H3;2-3,8-9,18H,4-5H2,1H3;2-3,16H,4-5H2,1H3,(H,14,15);1-2H3/t;8-,9?;;/m.1../s1. The van der Waals surface area contributed by atoms with Gasteiger partial charge in [0.1, 0.15) is 51.3 Å². The number of carbonyl (C=O) groups is 4. The van der Waals surface area contributed by atoms with Crippen LogP contribution in [0.4, 0.5) is 8.78 Å². The predicted molar refractivity (Wildman–Crippen MR) is 218 cm³/mol. The van der Waals surface area contributed by atoms with Gasteiger partial charge in [0.15, 0.2) is 6.79 Å². The molecule has 0 amide bonds. The minimum absolute atomic E-state index is 0.00659. The number of benzene rings is 3. The summed E-state index contributed by atoms with van der Waals surface area (Å²) in [5.41, 5.74) is 2.78. The highest BCUT2D eigenvalue weighted by atomic mass is 19.1. The molecule has 0 saturated heterocycles. The second kappa shape index (κ2) is 20.2. The molecule has 4 atom stereocenters. The van der Waals surface area contributed by atoms with Crippen molar-refractivity contribution in [2.45, 2.75) is 70.4 Å². The second-order valence-electron chi connectivity index (χ2n) is 14.6. The Labute approximate surface area is 361 Å². The minimum atomic E-state index is -1.17. The molecule has 3 unspecified atom stereocenters. The average molecular weight is 880 g/mol. The Hall–Kier alpha value is -5.67. The number of rotatable bonds is 10. The third-order valence-corrected chi connectivity index (χ3v) is 10.7. The Morgan fingerprint density at radius 1 is 0.746 bits per heavy atom. The summed E-state index contributed by atoms with van der Waals surface area (Å²) in [6.45, 7) is 7.35. The van der Waals surface area contributed by atoms with Gasteiger partial charge in [-0.2, -0.15) is 0 Å². The van der Waals surface area contributed by atoms with Gasteiger partial charge in [-0.15, -0.1) is 0 Å². The Morgan fingerprint density at radius 3 is 1.81 bits per heavy atom. The second-order valence-corrected chi connectivity index (χ2v) is 14.6. The lowest BCUT2D eigenvalue weighted by Gasteiger charge is -2.23. The number of halogens is 2. The first-order valence-electron chi connectivity index (χ1n) is 20.2. The number of hydrogen-bond donors (Lipinski definition) is 4. The molecule has 334 valence electrons. The van der Waals surface area contributed by atoms with Crippen LogP contribution in [0, 0.1) is 11.6 Å². The fraction of sp³-hybridized carbons (Fsp3) is 0.415. The fourth-order valence-corrected chi connectivity index (χ4v) is 7.56. The molecule has 63 heavy (non-hydrogen) atoms. The predicted octanol–water partition coefficient (Wildman–Crippen LogP) is 4.95. The molecule has 3 aromatic rings. The number of carbonyl (C=O) groups excluding carboxylic acids is 3. The van der Waals surface area contributed by atoms with Gasteiger partial charge in [0.05, 0.1) is 26.9 Å². The van der Waals surface area contributed by atoms with Crippen LogP contribution in [0.2, 0.25) is 11.6 Å². The zero-order chi connectivity index (χ0) is 45.7. The summed E-state index contributed by atoms with van der Waals surface area (Å²) in [6, 6.07) is 8.84. The van der Waals surface area contributed by atoms with E-state index in [9.17, 15) is 48.1 Å². The van der Waals surface area contributed by atoms with Crippen LogP contribution in [0.15, 0.2) is 41.9 Å². The maximum absolute atomic E-state index is 14.0. The summed E-state index contributed by atoms with van der Waals surface area (Å²) in [5.74, 6) is -4.49. The lowest BCUT2D eigenvalue weighted by molar-refractivity contribution is -0.149. The molecule has 4 aliphatic heterocycles. The highest BCUT2D eigenvalue weighted by Gasteiger charge is 2.55. The van der Waals surface area contributed by atoms with Gasteiger partial charge in [-0.25, -0.2) is 23.2 Å². The van der Waals surface area contributed by atoms with Gasteiger partial charge in [0.25, 0.3) is 0 Å². The number of carboxylic acid groups (broad SMARTS) is 1. The van der Waals surface area contributed by atoms with E-state index >= 15 is 0 Å². The van der Waals surface area contributed by atoms with Crippen LogP contribution in [0.1, 0.15) is 107 Å². The van der Waals surface area contributed by atoms with Gasteiger partial charge in [-0.3, -0.25) is 4.79 Å². The normalized spacial score (nSPS) is 19.8. The van der Waals surface area contributed by atoms with Gasteiger partial charge < -0.3 is 62.6 Å². The molecule has 0 aromatic heterocycles. The molecule has 9 rings (SSSR count). The number of esters is 3. The third-order valence-electron chi connectivity index (χ3n) is 10.7. The number of hydrogen-bond acceptors (Lipinski definition) is 16. The SMILES string of the molecule is CC.CC(=O)OCOC(=O)c1c(F)ccc2c1OB(O)C1C[C@H]21.CCCOCOC(=O)c1c(F)ccc2c1OB(O)C1CC21.COc1ccc2c(c1C(=O)O)OB(O)C1=C2COC1. The molecule has 0 bridgehead atoms. The first-order chi connectivity index (χ1) is 30.2. The molecule has 2 aliphatic carbocycles. The minimum Gasteiger partial charge on any atom is -0.535 e. The van der Waals surface area contributed by atoms with Gasteiger partial charge in [0.2, 0.25) is 6.79 Å². The molecule has 4 N–H and O–H groups in total. The van der Waals surface area contributed by atoms with Crippen molar-refractivity contribution in [2.24, 2.45) is 0 Å². The quantitative estimate of drug-likeness (QED) is 0.0914. The van der Waals surface area contributed by atoms with E-state index in [1.807, 2.05) is 20.8 Å². The summed E-state index contributed by atoms with van der Waals surface area (Å²) in [7, 11) is -1.83. The van der Waals surface area contributed by atoms with Crippen molar-refractivity contribution in [3.63, 3.8) is 0 Å². The largest absolute Gasteiger partial charge is 0.558 e. The molecule has 22 heteroatoms. The van der Waals surface area contributed by atoms with E-state index in [0.29, 0.717) is 36.4 Å². The highest BCUT2D eigenvalue weighted by molar-refractivity contribution is 6.56. The van der Waals surface area contributed by atoms with E-state index in [-0.39, 0.29) is 70.0 Å². The molecular formula is C41H45B3F2O17. The van der Waals surface area contributed by atoms with Gasteiger partial charge in [-0.1, -0.05) is 32.9 Å². The van der Waals surface area contributed by atoms with Gasteiger partial charge in [0, 0.05) is 29.6 Å². The summed E-state index contributed by atoms with van der Waals surface area (Å²) >= 11 is 0. The van der Waals surface area contributed by atoms with Crippen LogP contribution < -0.4 is 18.7 Å². The maximum atomic E-state index is 14.0. The molecule has 4 heterocycles. The Kier molecular flexibility index (Phi) is 15.0. The summed E-state index contributed by atoms with van der Waals surface area (Å²) in [5, 5.41) is 38.7. The number of ether oxygens (including phenoxy) is 6. The lowest BCUT2D eigenvalue weighted by Crippen LogP contribution is -2.31. The van der Waals surface area contributed by atoms with Crippen molar-refractivity contribution in [1.29, 1.82) is 0 Å². The van der Waals surface area contributed by atoms with Crippen LogP contribution in [0.25, 0.3) is 5.57 Å². The van der Waals surface area contributed by atoms with E-state index < -0.39 is 63.7 Å². The van der Waals surface area contributed by atoms with E-state index in [1.54, 1.807) is 24.3 Å². The van der Waals surface area contributed by atoms with E-state index in [4.69, 9.17) is 32.9 Å². The summed E-state index contributed by atoms with van der Waals surface area (Å²) < 4.78 is 73.2. The van der Waals surface area contributed by atoms with Crippen LogP contribution in [0.3, 0.4) is 0 Å². The van der Waals surface area contributed by atoms with E-state index in [2.05, 4.69) is 9.47 Å². The topological polar surface area (TPSA) is 232 Å². The van der Waals surface area contributed by atoms with Crippen molar-refractivity contribution in [3.8, 4) is 23.0 Å². The molecule has 3 aromatic carbocycles. The van der Waals surface area contributed by atoms with Crippen molar-refractivity contribution in [2.75, 3.05) is 40.5 Å². The molecule has 6 aliphatic rings. The Balaban J connectivity index is 0.000000154. The van der Waals surface area contributed by atoms with E-state index in [0.717, 1.165) is 43.4 Å². The summed E-state index contributed by atoms with van der Waals surface area (Å²) in [6.07, 6.45) is 2.32. The van der Waals surface area contributed by atoms with Gasteiger partial charge in [-0.05, 0) is 72.1 Å².